The quantitative estimate of drug-likeness (QED) is 0.404. The van der Waals surface area contributed by atoms with Crippen LogP contribution < -0.4 is 5.56 Å². The van der Waals surface area contributed by atoms with Gasteiger partial charge in [-0.15, -0.1) is 0 Å². The monoisotopic (exact) mass is 417 g/mol. The van der Waals surface area contributed by atoms with Crippen molar-refractivity contribution in [3.8, 4) is 5.69 Å². The van der Waals surface area contributed by atoms with E-state index in [1.54, 1.807) is 4.57 Å². The molecule has 0 N–H and O–H groups in total. The Morgan fingerprint density at radius 1 is 0.967 bits per heavy atom. The van der Waals surface area contributed by atoms with Crippen molar-refractivity contribution in [2.24, 2.45) is 0 Å². The number of hydrogen-bond donors (Lipinski definition) is 0. The lowest BCUT2D eigenvalue weighted by molar-refractivity contribution is 0.497. The van der Waals surface area contributed by atoms with Crippen LogP contribution >= 0.6 is 11.6 Å². The zero-order valence-electron chi connectivity index (χ0n) is 16.9. The first-order chi connectivity index (χ1) is 14.5. The maximum atomic E-state index is 13.6. The van der Waals surface area contributed by atoms with Gasteiger partial charge in [-0.2, -0.15) is 0 Å². The molecule has 3 heterocycles. The smallest absolute Gasteiger partial charge is 0.265 e. The number of halogens is 1. The van der Waals surface area contributed by atoms with Gasteiger partial charge in [0, 0.05) is 16.8 Å². The first kappa shape index (κ1) is 18.8. The van der Waals surface area contributed by atoms with Crippen LogP contribution in [0.3, 0.4) is 0 Å². The summed E-state index contributed by atoms with van der Waals surface area (Å²) in [5.41, 5.74) is 3.98. The number of aromatic nitrogens is 5. The highest BCUT2D eigenvalue weighted by molar-refractivity contribution is 6.30. The van der Waals surface area contributed by atoms with Crippen LogP contribution in [0.25, 0.3) is 38.9 Å². The fraction of sp³-hybridized carbons (Fsp3) is 0.217. The second kappa shape index (κ2) is 6.92. The molecule has 0 aliphatic heterocycles. The van der Waals surface area contributed by atoms with Crippen LogP contribution in [0.1, 0.15) is 32.1 Å². The molecule has 0 spiro atoms. The molecule has 6 nitrogen and oxygen atoms in total. The van der Waals surface area contributed by atoms with Crippen molar-refractivity contribution in [3.63, 3.8) is 0 Å². The second-order valence-corrected chi connectivity index (χ2v) is 7.92. The Labute approximate surface area is 177 Å². The van der Waals surface area contributed by atoms with E-state index in [1.807, 2.05) is 66.9 Å². The van der Waals surface area contributed by atoms with Crippen molar-refractivity contribution in [1.29, 1.82) is 0 Å². The molecular weight excluding hydrogens is 398 g/mol. The van der Waals surface area contributed by atoms with Crippen molar-refractivity contribution < 1.29 is 0 Å². The van der Waals surface area contributed by atoms with Crippen molar-refractivity contribution in [3.05, 3.63) is 69.7 Å². The van der Waals surface area contributed by atoms with E-state index < -0.39 is 0 Å². The fourth-order valence-electron chi connectivity index (χ4n) is 3.95. The third-order valence-electron chi connectivity index (χ3n) is 5.60. The zero-order chi connectivity index (χ0) is 21.0. The highest BCUT2D eigenvalue weighted by Gasteiger charge is 2.23. The van der Waals surface area contributed by atoms with Crippen LogP contribution in [-0.2, 0) is 0 Å². The average molecular weight is 418 g/mol. The Morgan fingerprint density at radius 3 is 2.30 bits per heavy atom. The molecule has 30 heavy (non-hydrogen) atoms. The van der Waals surface area contributed by atoms with E-state index in [4.69, 9.17) is 26.6 Å². The number of hydrogen-bond acceptors (Lipinski definition) is 4. The lowest BCUT2D eigenvalue weighted by atomic mass is 10.2. The van der Waals surface area contributed by atoms with E-state index in [2.05, 4.69) is 6.92 Å². The fourth-order valence-corrected chi connectivity index (χ4v) is 4.07. The average Bonchev–Trinajstić information content (AvgIpc) is 3.05. The third kappa shape index (κ3) is 2.71. The Balaban J connectivity index is 2.01. The van der Waals surface area contributed by atoms with Gasteiger partial charge in [0.15, 0.2) is 11.3 Å². The molecule has 2 aromatic carbocycles. The molecule has 3 aromatic heterocycles. The van der Waals surface area contributed by atoms with E-state index in [-0.39, 0.29) is 11.6 Å². The van der Waals surface area contributed by atoms with Crippen LogP contribution in [0.2, 0.25) is 5.02 Å². The summed E-state index contributed by atoms with van der Waals surface area (Å²) >= 11 is 6.10. The molecule has 0 bridgehead atoms. The van der Waals surface area contributed by atoms with Gasteiger partial charge in [-0.25, -0.2) is 15.0 Å². The summed E-state index contributed by atoms with van der Waals surface area (Å²) in [7, 11) is 0. The highest BCUT2D eigenvalue weighted by Crippen LogP contribution is 2.29. The molecule has 0 saturated carbocycles. The van der Waals surface area contributed by atoms with Crippen LogP contribution in [-0.4, -0.2) is 24.1 Å². The summed E-state index contributed by atoms with van der Waals surface area (Å²) in [4.78, 5) is 28.1. The van der Waals surface area contributed by atoms with Crippen LogP contribution in [0, 0.1) is 6.92 Å². The number of rotatable bonds is 3. The van der Waals surface area contributed by atoms with Crippen LogP contribution in [0.15, 0.2) is 53.3 Å². The van der Waals surface area contributed by atoms with Gasteiger partial charge in [-0.1, -0.05) is 30.7 Å². The minimum atomic E-state index is -0.0888. The summed E-state index contributed by atoms with van der Waals surface area (Å²) < 4.78 is 3.65. The SMILES string of the molecule is CC[C@H](C)n1c(C)nc2c(c1=O)c1nc3ccccc3nc1n2-c1ccc(Cl)cc1. The van der Waals surface area contributed by atoms with E-state index in [0.717, 1.165) is 23.1 Å². The lowest BCUT2D eigenvalue weighted by Crippen LogP contribution is -2.26. The van der Waals surface area contributed by atoms with E-state index in [0.29, 0.717) is 33.0 Å². The van der Waals surface area contributed by atoms with Gasteiger partial charge >= 0.3 is 0 Å². The minimum absolute atomic E-state index is 0.0387. The third-order valence-corrected chi connectivity index (χ3v) is 5.85. The normalized spacial score (nSPS) is 12.8. The molecule has 0 unspecified atom stereocenters. The minimum Gasteiger partial charge on any atom is -0.293 e. The molecule has 0 radical (unpaired) electrons. The maximum absolute atomic E-state index is 13.6. The van der Waals surface area contributed by atoms with Gasteiger partial charge in [0.25, 0.3) is 5.56 Å². The largest absolute Gasteiger partial charge is 0.293 e. The molecule has 0 aliphatic rings. The van der Waals surface area contributed by atoms with Crippen molar-refractivity contribution >= 4 is 44.8 Å². The van der Waals surface area contributed by atoms with E-state index in [9.17, 15) is 4.79 Å². The summed E-state index contributed by atoms with van der Waals surface area (Å²) in [5.74, 6) is 0.671. The number of nitrogens with zero attached hydrogens (tertiary/aromatic N) is 5. The van der Waals surface area contributed by atoms with Gasteiger partial charge < -0.3 is 0 Å². The topological polar surface area (TPSA) is 65.6 Å². The first-order valence-corrected chi connectivity index (χ1v) is 10.3. The standard InChI is InChI=1S/C23H20ClN5O/c1-4-13(2)28-14(3)25-21-19(23(28)30)20-22(27-18-8-6-5-7-17(18)26-20)29(21)16-11-9-15(24)10-12-16/h5-13H,4H2,1-3H3/t13-/m0/s1. The Morgan fingerprint density at radius 2 is 1.63 bits per heavy atom. The van der Waals surface area contributed by atoms with Crippen LogP contribution in [0.5, 0.6) is 0 Å². The summed E-state index contributed by atoms with van der Waals surface area (Å²) in [6.07, 6.45) is 0.832. The maximum Gasteiger partial charge on any atom is 0.265 e. The van der Waals surface area contributed by atoms with Gasteiger partial charge in [0.1, 0.15) is 16.7 Å². The van der Waals surface area contributed by atoms with Gasteiger partial charge in [-0.05, 0) is 56.7 Å². The molecular formula is C23H20ClN5O. The Kier molecular flexibility index (Phi) is 4.33. The van der Waals surface area contributed by atoms with Crippen molar-refractivity contribution in [2.75, 3.05) is 0 Å². The first-order valence-electron chi connectivity index (χ1n) is 9.95. The summed E-state index contributed by atoms with van der Waals surface area (Å²) in [5, 5.41) is 1.13. The summed E-state index contributed by atoms with van der Waals surface area (Å²) in [6.45, 7) is 5.96. The molecule has 5 aromatic rings. The second-order valence-electron chi connectivity index (χ2n) is 7.49. The number of aryl methyl sites for hydroxylation is 1. The number of benzene rings is 2. The number of para-hydroxylation sites is 2. The van der Waals surface area contributed by atoms with Crippen molar-refractivity contribution in [1.82, 2.24) is 24.1 Å². The summed E-state index contributed by atoms with van der Waals surface area (Å²) in [6, 6.07) is 15.1. The Hall–Kier alpha value is -3.25. The zero-order valence-corrected chi connectivity index (χ0v) is 17.7. The highest BCUT2D eigenvalue weighted by atomic mass is 35.5. The Bertz CT molecular complexity index is 1480. The number of fused-ring (bicyclic) bond motifs is 4. The van der Waals surface area contributed by atoms with Crippen molar-refractivity contribution in [2.45, 2.75) is 33.2 Å². The predicted molar refractivity (Wildman–Crippen MR) is 121 cm³/mol. The lowest BCUT2D eigenvalue weighted by Gasteiger charge is -2.16. The molecule has 0 fully saturated rings. The predicted octanol–water partition coefficient (Wildman–Crippen LogP) is 5.22. The molecule has 1 atom stereocenters. The molecule has 0 amide bonds. The van der Waals surface area contributed by atoms with E-state index >= 15 is 0 Å². The van der Waals surface area contributed by atoms with Gasteiger partial charge in [0.2, 0.25) is 0 Å². The molecule has 5 rings (SSSR count). The van der Waals surface area contributed by atoms with Crippen LogP contribution in [0.4, 0.5) is 0 Å². The van der Waals surface area contributed by atoms with E-state index in [1.165, 1.54) is 0 Å². The molecule has 0 aliphatic carbocycles. The van der Waals surface area contributed by atoms with Gasteiger partial charge in [0.05, 0.1) is 11.0 Å². The molecule has 7 heteroatoms. The molecule has 0 saturated heterocycles. The molecule has 150 valence electrons. The van der Waals surface area contributed by atoms with Gasteiger partial charge in [-0.3, -0.25) is 13.9 Å².